The fraction of sp³-hybridized carbons (Fsp3) is 0.300. The minimum absolute atomic E-state index is 0.380. The number of hydrogen-bond donors (Lipinski definition) is 1. The Morgan fingerprint density at radius 3 is 2.82 bits per heavy atom. The Kier molecular flexibility index (Phi) is 2.58. The number of aliphatic carboxylic acids is 1. The van der Waals surface area contributed by atoms with Crippen molar-refractivity contribution in [1.29, 1.82) is 0 Å². The lowest BCUT2D eigenvalue weighted by molar-refractivity contribution is -0.146. The van der Waals surface area contributed by atoms with Crippen molar-refractivity contribution in [1.82, 2.24) is 25.2 Å². The number of carbonyl (C=O) groups is 1. The zero-order valence-electron chi connectivity index (χ0n) is 9.40. The molecule has 88 valence electrons. The molecule has 0 aliphatic carbocycles. The lowest BCUT2D eigenvalue weighted by atomic mass is 10.1. The fourth-order valence-electron chi connectivity index (χ4n) is 1.33. The highest BCUT2D eigenvalue weighted by molar-refractivity contribution is 5.76. The van der Waals surface area contributed by atoms with E-state index in [2.05, 4.69) is 20.5 Å². The number of hydrogen-bond acceptors (Lipinski definition) is 5. The van der Waals surface area contributed by atoms with Gasteiger partial charge < -0.3 is 5.11 Å². The molecule has 0 unspecified atom stereocenters. The molecular formula is C10H11N5O2. The summed E-state index contributed by atoms with van der Waals surface area (Å²) < 4.78 is 1.27. The third kappa shape index (κ3) is 1.86. The molecule has 0 fully saturated rings. The van der Waals surface area contributed by atoms with Crippen LogP contribution in [0.15, 0.2) is 24.5 Å². The van der Waals surface area contributed by atoms with E-state index in [-0.39, 0.29) is 0 Å². The van der Waals surface area contributed by atoms with Crippen molar-refractivity contribution in [2.45, 2.75) is 19.4 Å². The fourth-order valence-corrected chi connectivity index (χ4v) is 1.33. The van der Waals surface area contributed by atoms with E-state index in [4.69, 9.17) is 5.11 Å². The zero-order valence-corrected chi connectivity index (χ0v) is 9.40. The van der Waals surface area contributed by atoms with Crippen LogP contribution < -0.4 is 0 Å². The van der Waals surface area contributed by atoms with Gasteiger partial charge in [0.2, 0.25) is 0 Å². The minimum atomic E-state index is -1.21. The van der Waals surface area contributed by atoms with E-state index in [1.165, 1.54) is 18.5 Å². The third-order valence-corrected chi connectivity index (χ3v) is 2.44. The number of rotatable bonds is 3. The van der Waals surface area contributed by atoms with Gasteiger partial charge in [-0.05, 0) is 36.4 Å². The van der Waals surface area contributed by atoms with Crippen LogP contribution in [0.1, 0.15) is 13.8 Å². The average molecular weight is 233 g/mol. The van der Waals surface area contributed by atoms with Crippen LogP contribution in [-0.2, 0) is 10.3 Å². The zero-order chi connectivity index (χ0) is 12.5. The molecule has 2 aromatic heterocycles. The number of aromatic nitrogens is 5. The van der Waals surface area contributed by atoms with Gasteiger partial charge in [-0.15, -0.1) is 5.10 Å². The maximum Gasteiger partial charge on any atom is 0.331 e. The first-order valence-corrected chi connectivity index (χ1v) is 4.96. The predicted octanol–water partition coefficient (Wildman–Crippen LogP) is 0.555. The van der Waals surface area contributed by atoms with Gasteiger partial charge in [-0.1, -0.05) is 0 Å². The van der Waals surface area contributed by atoms with Gasteiger partial charge in [-0.2, -0.15) is 0 Å². The van der Waals surface area contributed by atoms with Gasteiger partial charge in [0.15, 0.2) is 11.4 Å². The van der Waals surface area contributed by atoms with Crippen molar-refractivity contribution in [3.8, 4) is 11.4 Å². The Morgan fingerprint density at radius 1 is 1.47 bits per heavy atom. The summed E-state index contributed by atoms with van der Waals surface area (Å²) in [6, 6.07) is 3.51. The first-order valence-electron chi connectivity index (χ1n) is 4.96. The first kappa shape index (κ1) is 11.2. The van der Waals surface area contributed by atoms with Gasteiger partial charge in [0.25, 0.3) is 0 Å². The molecule has 2 heterocycles. The van der Waals surface area contributed by atoms with Gasteiger partial charge in [0.1, 0.15) is 0 Å². The van der Waals surface area contributed by atoms with Crippen molar-refractivity contribution in [2.24, 2.45) is 0 Å². The molecule has 0 saturated heterocycles. The second-order valence-corrected chi connectivity index (χ2v) is 4.02. The standard InChI is InChI=1S/C10H11N5O2/c1-10(2,9(16)17)15-8(12-13-14-15)7-4-3-5-11-6-7/h3-6H,1-2H3,(H,16,17). The molecule has 17 heavy (non-hydrogen) atoms. The summed E-state index contributed by atoms with van der Waals surface area (Å²) in [5.41, 5.74) is -0.541. The molecule has 0 aromatic carbocycles. The van der Waals surface area contributed by atoms with Gasteiger partial charge >= 0.3 is 5.97 Å². The van der Waals surface area contributed by atoms with E-state index < -0.39 is 11.5 Å². The summed E-state index contributed by atoms with van der Waals surface area (Å²) in [6.45, 7) is 3.07. The Bertz CT molecular complexity index is 535. The van der Waals surface area contributed by atoms with Gasteiger partial charge in [0, 0.05) is 18.0 Å². The van der Waals surface area contributed by atoms with Crippen LogP contribution in [0.3, 0.4) is 0 Å². The molecule has 0 radical (unpaired) electrons. The van der Waals surface area contributed by atoms with Crippen molar-refractivity contribution in [3.05, 3.63) is 24.5 Å². The Balaban J connectivity index is 2.53. The molecule has 0 bridgehead atoms. The van der Waals surface area contributed by atoms with Crippen LogP contribution >= 0.6 is 0 Å². The highest BCUT2D eigenvalue weighted by Crippen LogP contribution is 2.21. The molecular weight excluding hydrogens is 222 g/mol. The topological polar surface area (TPSA) is 93.8 Å². The lowest BCUT2D eigenvalue weighted by Crippen LogP contribution is -2.37. The van der Waals surface area contributed by atoms with Crippen LogP contribution in [0.5, 0.6) is 0 Å². The van der Waals surface area contributed by atoms with Gasteiger partial charge in [-0.3, -0.25) is 4.98 Å². The Labute approximate surface area is 97.1 Å². The van der Waals surface area contributed by atoms with E-state index in [0.29, 0.717) is 11.4 Å². The molecule has 0 amide bonds. The lowest BCUT2D eigenvalue weighted by Gasteiger charge is -2.20. The van der Waals surface area contributed by atoms with E-state index in [1.54, 1.807) is 24.5 Å². The van der Waals surface area contributed by atoms with Crippen LogP contribution in [0.2, 0.25) is 0 Å². The number of tetrazole rings is 1. The highest BCUT2D eigenvalue weighted by Gasteiger charge is 2.33. The molecule has 2 aromatic rings. The van der Waals surface area contributed by atoms with Crippen LogP contribution in [0, 0.1) is 0 Å². The first-order chi connectivity index (χ1) is 8.03. The number of carboxylic acids is 1. The van der Waals surface area contributed by atoms with Crippen LogP contribution in [0.25, 0.3) is 11.4 Å². The molecule has 0 aliphatic rings. The normalized spacial score (nSPS) is 11.4. The second kappa shape index (κ2) is 3.93. The van der Waals surface area contributed by atoms with Crippen molar-refractivity contribution < 1.29 is 9.90 Å². The number of carboxylic acid groups (broad SMARTS) is 1. The monoisotopic (exact) mass is 233 g/mol. The van der Waals surface area contributed by atoms with E-state index in [9.17, 15) is 4.79 Å². The summed E-state index contributed by atoms with van der Waals surface area (Å²) in [6.07, 6.45) is 3.21. The quantitative estimate of drug-likeness (QED) is 0.832. The minimum Gasteiger partial charge on any atom is -0.479 e. The molecule has 0 atom stereocenters. The second-order valence-electron chi connectivity index (χ2n) is 4.02. The SMILES string of the molecule is CC(C)(C(=O)O)n1nnnc1-c1cccnc1. The Hall–Kier alpha value is -2.31. The maximum atomic E-state index is 11.2. The smallest absolute Gasteiger partial charge is 0.331 e. The molecule has 7 heteroatoms. The van der Waals surface area contributed by atoms with E-state index in [0.717, 1.165) is 0 Å². The van der Waals surface area contributed by atoms with Crippen LogP contribution in [0.4, 0.5) is 0 Å². The van der Waals surface area contributed by atoms with Crippen molar-refractivity contribution in [3.63, 3.8) is 0 Å². The molecule has 0 aliphatic heterocycles. The van der Waals surface area contributed by atoms with Crippen molar-refractivity contribution >= 4 is 5.97 Å². The molecule has 1 N–H and O–H groups in total. The summed E-state index contributed by atoms with van der Waals surface area (Å²) in [5.74, 6) is -0.625. The number of pyridine rings is 1. The largest absolute Gasteiger partial charge is 0.479 e. The average Bonchev–Trinajstić information content (AvgIpc) is 2.79. The highest BCUT2D eigenvalue weighted by atomic mass is 16.4. The Morgan fingerprint density at radius 2 is 2.24 bits per heavy atom. The summed E-state index contributed by atoms with van der Waals surface area (Å²) >= 11 is 0. The third-order valence-electron chi connectivity index (χ3n) is 2.44. The van der Waals surface area contributed by atoms with Gasteiger partial charge in [-0.25, -0.2) is 9.48 Å². The number of nitrogens with zero attached hydrogens (tertiary/aromatic N) is 5. The summed E-state index contributed by atoms with van der Waals surface area (Å²) in [5, 5.41) is 20.2. The van der Waals surface area contributed by atoms with Crippen LogP contribution in [-0.4, -0.2) is 36.3 Å². The van der Waals surface area contributed by atoms with E-state index in [1.807, 2.05) is 0 Å². The molecule has 7 nitrogen and oxygen atoms in total. The van der Waals surface area contributed by atoms with Gasteiger partial charge in [0.05, 0.1) is 0 Å². The predicted molar refractivity (Wildman–Crippen MR) is 58.0 cm³/mol. The van der Waals surface area contributed by atoms with E-state index >= 15 is 0 Å². The van der Waals surface area contributed by atoms with Crippen molar-refractivity contribution in [2.75, 3.05) is 0 Å². The summed E-state index contributed by atoms with van der Waals surface area (Å²) in [7, 11) is 0. The molecule has 0 saturated carbocycles. The molecule has 2 rings (SSSR count). The molecule has 0 spiro atoms. The summed E-state index contributed by atoms with van der Waals surface area (Å²) in [4.78, 5) is 15.1. The maximum absolute atomic E-state index is 11.2.